The van der Waals surface area contributed by atoms with Crippen LogP contribution in [0.3, 0.4) is 0 Å². The fourth-order valence-corrected chi connectivity index (χ4v) is 3.12. The molecule has 0 bridgehead atoms. The number of thioether (sulfide) groups is 1. The minimum absolute atomic E-state index is 0.757. The van der Waals surface area contributed by atoms with Gasteiger partial charge in [0.25, 0.3) is 0 Å². The molecule has 0 fully saturated rings. The highest BCUT2D eigenvalue weighted by Gasteiger charge is 2.04. The van der Waals surface area contributed by atoms with E-state index < -0.39 is 0 Å². The summed E-state index contributed by atoms with van der Waals surface area (Å²) in [4.78, 5) is 0. The second-order valence-electron chi connectivity index (χ2n) is 3.76. The van der Waals surface area contributed by atoms with Crippen LogP contribution in [0.25, 0.3) is 0 Å². The molecule has 0 aliphatic rings. The minimum Gasteiger partial charge on any atom is -0.381 e. The van der Waals surface area contributed by atoms with E-state index in [0.29, 0.717) is 0 Å². The van der Waals surface area contributed by atoms with Gasteiger partial charge in [-0.25, -0.2) is 0 Å². The lowest BCUT2D eigenvalue weighted by Gasteiger charge is -2.01. The number of ether oxygens (including phenoxy) is 1. The lowest BCUT2D eigenvalue weighted by Crippen LogP contribution is -1.98. The first kappa shape index (κ1) is 14.3. The Bertz CT molecular complexity index is 476. The van der Waals surface area contributed by atoms with Crippen LogP contribution in [0.5, 0.6) is 0 Å². The summed E-state index contributed by atoms with van der Waals surface area (Å²) in [5.74, 6) is 0.918. The maximum absolute atomic E-state index is 5.29. The molecule has 0 aliphatic heterocycles. The number of benzene rings is 1. The molecular weight excluding hydrogens is 278 g/mol. The molecule has 0 radical (unpaired) electrons. The van der Waals surface area contributed by atoms with E-state index in [9.17, 15) is 0 Å². The van der Waals surface area contributed by atoms with E-state index in [1.807, 2.05) is 25.1 Å². The van der Waals surface area contributed by atoms with Gasteiger partial charge in [0.2, 0.25) is 5.13 Å². The highest BCUT2D eigenvalue weighted by Crippen LogP contribution is 2.25. The van der Waals surface area contributed by atoms with Crippen LogP contribution >= 0.6 is 23.1 Å². The van der Waals surface area contributed by atoms with Crippen LogP contribution in [-0.2, 0) is 11.3 Å². The topological polar surface area (TPSA) is 47.0 Å². The van der Waals surface area contributed by atoms with Gasteiger partial charge in [-0.1, -0.05) is 53.4 Å². The Morgan fingerprint density at radius 3 is 2.89 bits per heavy atom. The summed E-state index contributed by atoms with van der Waals surface area (Å²) in [5, 5.41) is 12.4. The fourth-order valence-electron chi connectivity index (χ4n) is 1.45. The van der Waals surface area contributed by atoms with Crippen LogP contribution in [0.2, 0.25) is 0 Å². The Morgan fingerprint density at radius 2 is 2.11 bits per heavy atom. The number of hydrogen-bond donors (Lipinski definition) is 1. The molecule has 0 spiro atoms. The second-order valence-corrected chi connectivity index (χ2v) is 6.08. The number of nitrogens with zero attached hydrogens (tertiary/aromatic N) is 2. The third-order valence-corrected chi connectivity index (χ3v) is 4.33. The monoisotopic (exact) mass is 295 g/mol. The number of rotatable bonds is 8. The zero-order valence-corrected chi connectivity index (χ0v) is 12.5. The van der Waals surface area contributed by atoms with E-state index in [4.69, 9.17) is 4.74 Å². The van der Waals surface area contributed by atoms with E-state index in [2.05, 4.69) is 27.6 Å². The molecule has 0 saturated carbocycles. The van der Waals surface area contributed by atoms with Crippen LogP contribution in [-0.4, -0.2) is 29.2 Å². The predicted octanol–water partition coefficient (Wildman–Crippen LogP) is 3.28. The molecule has 0 aliphatic carbocycles. The third kappa shape index (κ3) is 5.18. The number of nitrogens with one attached hydrogen (secondary N) is 1. The van der Waals surface area contributed by atoms with Gasteiger partial charge in [0.15, 0.2) is 4.34 Å². The Balaban J connectivity index is 1.74. The first-order valence-electron chi connectivity index (χ1n) is 6.20. The predicted molar refractivity (Wildman–Crippen MR) is 80.9 cm³/mol. The first-order chi connectivity index (χ1) is 9.38. The van der Waals surface area contributed by atoms with Crippen molar-refractivity contribution in [1.29, 1.82) is 0 Å². The van der Waals surface area contributed by atoms with Gasteiger partial charge in [0.05, 0.1) is 6.61 Å². The molecule has 102 valence electrons. The second kappa shape index (κ2) is 8.14. The Kier molecular flexibility index (Phi) is 6.13. The largest absolute Gasteiger partial charge is 0.381 e. The van der Waals surface area contributed by atoms with Gasteiger partial charge in [0, 0.05) is 18.9 Å². The van der Waals surface area contributed by atoms with Crippen LogP contribution in [0.4, 0.5) is 5.13 Å². The summed E-state index contributed by atoms with van der Waals surface area (Å²) in [6.07, 6.45) is 0. The van der Waals surface area contributed by atoms with E-state index in [1.54, 1.807) is 23.1 Å². The van der Waals surface area contributed by atoms with Crippen LogP contribution in [0.1, 0.15) is 12.5 Å². The van der Waals surface area contributed by atoms with E-state index in [0.717, 1.165) is 35.0 Å². The molecule has 0 atom stereocenters. The van der Waals surface area contributed by atoms with Crippen molar-refractivity contribution in [2.75, 3.05) is 24.3 Å². The average Bonchev–Trinajstić information content (AvgIpc) is 2.91. The molecule has 2 rings (SSSR count). The van der Waals surface area contributed by atoms with Crippen molar-refractivity contribution in [2.24, 2.45) is 0 Å². The Labute approximate surface area is 121 Å². The lowest BCUT2D eigenvalue weighted by atomic mass is 10.2. The summed E-state index contributed by atoms with van der Waals surface area (Å²) in [7, 11) is 0. The van der Waals surface area contributed by atoms with Gasteiger partial charge in [-0.3, -0.25) is 0 Å². The molecule has 1 N–H and O–H groups in total. The quantitative estimate of drug-likeness (QED) is 0.598. The summed E-state index contributed by atoms with van der Waals surface area (Å²) >= 11 is 3.27. The van der Waals surface area contributed by atoms with Gasteiger partial charge in [-0.05, 0) is 12.5 Å². The highest BCUT2D eigenvalue weighted by atomic mass is 32.2. The molecule has 0 amide bonds. The molecule has 0 saturated heterocycles. The number of aromatic nitrogens is 2. The van der Waals surface area contributed by atoms with E-state index >= 15 is 0 Å². The molecule has 1 heterocycles. The van der Waals surface area contributed by atoms with Gasteiger partial charge >= 0.3 is 0 Å². The van der Waals surface area contributed by atoms with E-state index in [1.165, 1.54) is 5.56 Å². The highest BCUT2D eigenvalue weighted by molar-refractivity contribution is 8.01. The first-order valence-corrected chi connectivity index (χ1v) is 8.00. The summed E-state index contributed by atoms with van der Waals surface area (Å²) in [6, 6.07) is 10.3. The van der Waals surface area contributed by atoms with Gasteiger partial charge in [-0.15, -0.1) is 10.2 Å². The zero-order chi connectivity index (χ0) is 13.3. The minimum atomic E-state index is 0.757. The van der Waals surface area contributed by atoms with Crippen molar-refractivity contribution in [3.63, 3.8) is 0 Å². The summed E-state index contributed by atoms with van der Waals surface area (Å²) < 4.78 is 6.27. The molecule has 4 nitrogen and oxygen atoms in total. The Morgan fingerprint density at radius 1 is 1.26 bits per heavy atom. The van der Waals surface area contributed by atoms with Crippen molar-refractivity contribution < 1.29 is 4.74 Å². The number of anilines is 1. The third-order valence-electron chi connectivity index (χ3n) is 2.35. The maximum atomic E-state index is 5.29. The smallest absolute Gasteiger partial charge is 0.206 e. The summed E-state index contributed by atoms with van der Waals surface area (Å²) in [6.45, 7) is 4.30. The van der Waals surface area contributed by atoms with E-state index in [-0.39, 0.29) is 0 Å². The SMILES string of the molecule is CCOCCSc1nnc(NCc2ccccc2)s1. The van der Waals surface area contributed by atoms with Gasteiger partial charge < -0.3 is 10.1 Å². The van der Waals surface area contributed by atoms with Crippen LogP contribution < -0.4 is 5.32 Å². The fraction of sp³-hybridized carbons (Fsp3) is 0.385. The lowest BCUT2D eigenvalue weighted by molar-refractivity contribution is 0.164. The molecule has 1 aromatic heterocycles. The average molecular weight is 295 g/mol. The van der Waals surface area contributed by atoms with Gasteiger partial charge in [0.1, 0.15) is 0 Å². The van der Waals surface area contributed by atoms with Crippen LogP contribution in [0, 0.1) is 0 Å². The zero-order valence-electron chi connectivity index (χ0n) is 10.8. The van der Waals surface area contributed by atoms with Crippen molar-refractivity contribution >= 4 is 28.2 Å². The Hall–Kier alpha value is -1.11. The molecule has 2 aromatic rings. The van der Waals surface area contributed by atoms with Crippen LogP contribution in [0.15, 0.2) is 34.7 Å². The number of hydrogen-bond acceptors (Lipinski definition) is 6. The normalized spacial score (nSPS) is 10.6. The molecule has 1 aromatic carbocycles. The maximum Gasteiger partial charge on any atom is 0.206 e. The summed E-state index contributed by atoms with van der Waals surface area (Å²) in [5.41, 5.74) is 1.24. The van der Waals surface area contributed by atoms with Gasteiger partial charge in [-0.2, -0.15) is 0 Å². The standard InChI is InChI=1S/C13H17N3OS2/c1-2-17-8-9-18-13-16-15-12(19-13)14-10-11-6-4-3-5-7-11/h3-7H,2,8-10H2,1H3,(H,14,15). The van der Waals surface area contributed by atoms with Crippen molar-refractivity contribution in [3.8, 4) is 0 Å². The van der Waals surface area contributed by atoms with Crippen molar-refractivity contribution in [3.05, 3.63) is 35.9 Å². The van der Waals surface area contributed by atoms with Crippen molar-refractivity contribution in [1.82, 2.24) is 10.2 Å². The molecular formula is C13H17N3OS2. The van der Waals surface area contributed by atoms with Crippen molar-refractivity contribution in [2.45, 2.75) is 17.8 Å². The molecule has 19 heavy (non-hydrogen) atoms. The molecule has 0 unspecified atom stereocenters. The molecule has 6 heteroatoms.